The molecule has 0 saturated heterocycles. The molecule has 0 spiro atoms. The Balaban J connectivity index is 2.46. The summed E-state index contributed by atoms with van der Waals surface area (Å²) in [6, 6.07) is 7.87. The Bertz CT molecular complexity index is 953. The molecule has 0 aliphatic carbocycles. The number of anilines is 1. The third-order valence-corrected chi connectivity index (χ3v) is 5.74. The van der Waals surface area contributed by atoms with Crippen molar-refractivity contribution in [3.8, 4) is 0 Å². The Morgan fingerprint density at radius 3 is 2.04 bits per heavy atom. The average Bonchev–Trinajstić information content (AvgIpc) is 2.38. The molecular formula is C13H12Cl2N2O4S2. The maximum atomic E-state index is 12.3. The maximum Gasteiger partial charge on any atom is 0.261 e. The first-order chi connectivity index (χ1) is 10.5. The van der Waals surface area contributed by atoms with Gasteiger partial charge in [0.25, 0.3) is 10.0 Å². The van der Waals surface area contributed by atoms with Crippen LogP contribution in [0.5, 0.6) is 0 Å². The monoisotopic (exact) mass is 394 g/mol. The van der Waals surface area contributed by atoms with Crippen molar-refractivity contribution in [3.63, 3.8) is 0 Å². The molecule has 0 atom stereocenters. The molecule has 2 rings (SSSR count). The molecule has 10 heteroatoms. The fourth-order valence-electron chi connectivity index (χ4n) is 1.87. The number of rotatable bonds is 4. The molecule has 0 aliphatic heterocycles. The number of primary sulfonamides is 1. The van der Waals surface area contributed by atoms with Crippen molar-refractivity contribution in [1.82, 2.24) is 0 Å². The van der Waals surface area contributed by atoms with Gasteiger partial charge in [0.2, 0.25) is 10.0 Å². The molecule has 0 radical (unpaired) electrons. The van der Waals surface area contributed by atoms with Crippen molar-refractivity contribution in [2.75, 3.05) is 4.72 Å². The van der Waals surface area contributed by atoms with Crippen LogP contribution in [0.25, 0.3) is 0 Å². The van der Waals surface area contributed by atoms with Gasteiger partial charge in [-0.2, -0.15) is 0 Å². The van der Waals surface area contributed by atoms with Crippen LogP contribution in [0.2, 0.25) is 10.0 Å². The summed E-state index contributed by atoms with van der Waals surface area (Å²) in [5.74, 6) is 0. The van der Waals surface area contributed by atoms with Crippen molar-refractivity contribution < 1.29 is 16.8 Å². The average molecular weight is 395 g/mol. The number of nitrogens with two attached hydrogens (primary N) is 1. The lowest BCUT2D eigenvalue weighted by Crippen LogP contribution is -2.16. The van der Waals surface area contributed by atoms with Crippen molar-refractivity contribution in [3.05, 3.63) is 52.0 Å². The standard InChI is InChI=1S/C13H12Cl2N2O4S2/c1-8-2-3-11(7-13(8)22(16,18)19)17-23(20,21)12-5-9(14)4-10(15)6-12/h2-7,17H,1H3,(H2,16,18,19). The van der Waals surface area contributed by atoms with E-state index in [1.165, 1.54) is 30.3 Å². The molecule has 0 heterocycles. The highest BCUT2D eigenvalue weighted by molar-refractivity contribution is 7.92. The Hall–Kier alpha value is -1.32. The van der Waals surface area contributed by atoms with Crippen LogP contribution in [0.1, 0.15) is 5.56 Å². The van der Waals surface area contributed by atoms with Crippen LogP contribution < -0.4 is 9.86 Å². The van der Waals surface area contributed by atoms with Gasteiger partial charge in [0.1, 0.15) is 0 Å². The van der Waals surface area contributed by atoms with Gasteiger partial charge in [-0.1, -0.05) is 29.3 Å². The van der Waals surface area contributed by atoms with Gasteiger partial charge in [-0.05, 0) is 42.8 Å². The minimum absolute atomic E-state index is 0.0516. The minimum Gasteiger partial charge on any atom is -0.280 e. The quantitative estimate of drug-likeness (QED) is 0.830. The molecule has 0 unspecified atom stereocenters. The van der Waals surface area contributed by atoms with E-state index in [0.29, 0.717) is 5.56 Å². The molecule has 0 fully saturated rings. The van der Waals surface area contributed by atoms with E-state index in [0.717, 1.165) is 6.07 Å². The van der Waals surface area contributed by atoms with Crippen molar-refractivity contribution in [1.29, 1.82) is 0 Å². The molecule has 2 aromatic carbocycles. The zero-order chi connectivity index (χ0) is 17.4. The zero-order valence-electron chi connectivity index (χ0n) is 11.7. The number of hydrogen-bond donors (Lipinski definition) is 2. The van der Waals surface area contributed by atoms with E-state index in [4.69, 9.17) is 28.3 Å². The van der Waals surface area contributed by atoms with Crippen LogP contribution in [0.15, 0.2) is 46.2 Å². The Morgan fingerprint density at radius 2 is 1.52 bits per heavy atom. The Morgan fingerprint density at radius 1 is 0.957 bits per heavy atom. The van der Waals surface area contributed by atoms with Gasteiger partial charge in [-0.3, -0.25) is 4.72 Å². The number of halogens is 2. The lowest BCUT2D eigenvalue weighted by molar-refractivity contribution is 0.596. The first-order valence-electron chi connectivity index (χ1n) is 6.11. The van der Waals surface area contributed by atoms with Crippen LogP contribution >= 0.6 is 23.2 Å². The molecule has 0 saturated carbocycles. The number of benzene rings is 2. The van der Waals surface area contributed by atoms with Crippen LogP contribution in [0, 0.1) is 6.92 Å². The first-order valence-corrected chi connectivity index (χ1v) is 9.90. The van der Waals surface area contributed by atoms with Crippen molar-refractivity contribution in [2.45, 2.75) is 16.7 Å². The van der Waals surface area contributed by atoms with E-state index in [-0.39, 0.29) is 25.5 Å². The van der Waals surface area contributed by atoms with Gasteiger partial charge >= 0.3 is 0 Å². The predicted molar refractivity (Wildman–Crippen MR) is 89.8 cm³/mol. The van der Waals surface area contributed by atoms with E-state index in [1.54, 1.807) is 6.92 Å². The first kappa shape index (κ1) is 18.0. The number of aryl methyl sites for hydroxylation is 1. The second-order valence-corrected chi connectivity index (χ2v) is 8.82. The fourth-order valence-corrected chi connectivity index (χ4v) is 4.45. The normalized spacial score (nSPS) is 12.2. The summed E-state index contributed by atoms with van der Waals surface area (Å²) in [6.45, 7) is 1.55. The van der Waals surface area contributed by atoms with Crippen molar-refractivity contribution >= 4 is 48.9 Å². The number of sulfonamides is 2. The van der Waals surface area contributed by atoms with Crippen LogP contribution in [0.4, 0.5) is 5.69 Å². The molecule has 0 bridgehead atoms. The molecular weight excluding hydrogens is 383 g/mol. The molecule has 0 amide bonds. The third-order valence-electron chi connectivity index (χ3n) is 2.89. The summed E-state index contributed by atoms with van der Waals surface area (Å²) in [7, 11) is -7.95. The highest BCUT2D eigenvalue weighted by atomic mass is 35.5. The van der Waals surface area contributed by atoms with Crippen molar-refractivity contribution in [2.24, 2.45) is 5.14 Å². The van der Waals surface area contributed by atoms with Gasteiger partial charge in [0.05, 0.1) is 15.5 Å². The number of nitrogens with one attached hydrogen (secondary N) is 1. The van der Waals surface area contributed by atoms with E-state index >= 15 is 0 Å². The van der Waals surface area contributed by atoms with Gasteiger partial charge in [0, 0.05) is 10.0 Å². The molecule has 0 aliphatic rings. The molecule has 6 nitrogen and oxygen atoms in total. The van der Waals surface area contributed by atoms with E-state index in [1.807, 2.05) is 0 Å². The largest absolute Gasteiger partial charge is 0.280 e. The summed E-state index contributed by atoms with van der Waals surface area (Å²) in [5.41, 5.74) is 0.456. The molecule has 124 valence electrons. The van der Waals surface area contributed by atoms with Crippen LogP contribution in [-0.4, -0.2) is 16.8 Å². The maximum absolute atomic E-state index is 12.3. The summed E-state index contributed by atoms with van der Waals surface area (Å²) in [5, 5.41) is 5.42. The van der Waals surface area contributed by atoms with Gasteiger partial charge in [-0.25, -0.2) is 22.0 Å². The second-order valence-electron chi connectivity index (χ2n) is 4.74. The fraction of sp³-hybridized carbons (Fsp3) is 0.0769. The second kappa shape index (κ2) is 6.29. The Kier molecular flexibility index (Phi) is 4.93. The summed E-state index contributed by atoms with van der Waals surface area (Å²) < 4.78 is 49.9. The molecule has 2 aromatic rings. The third kappa shape index (κ3) is 4.36. The van der Waals surface area contributed by atoms with Gasteiger partial charge in [0.15, 0.2) is 0 Å². The number of hydrogen-bond acceptors (Lipinski definition) is 4. The van der Waals surface area contributed by atoms with E-state index in [2.05, 4.69) is 4.72 Å². The summed E-state index contributed by atoms with van der Waals surface area (Å²) >= 11 is 11.6. The molecule has 0 aromatic heterocycles. The Labute approximate surface area is 144 Å². The lowest BCUT2D eigenvalue weighted by Gasteiger charge is -2.11. The summed E-state index contributed by atoms with van der Waals surface area (Å²) in [6.07, 6.45) is 0. The van der Waals surface area contributed by atoms with Crippen LogP contribution in [0.3, 0.4) is 0 Å². The molecule has 3 N–H and O–H groups in total. The zero-order valence-corrected chi connectivity index (χ0v) is 14.9. The highest BCUT2D eigenvalue weighted by Gasteiger charge is 2.18. The smallest absolute Gasteiger partial charge is 0.261 e. The highest BCUT2D eigenvalue weighted by Crippen LogP contribution is 2.25. The molecule has 23 heavy (non-hydrogen) atoms. The minimum atomic E-state index is -3.99. The SMILES string of the molecule is Cc1ccc(NS(=O)(=O)c2cc(Cl)cc(Cl)c2)cc1S(N)(=O)=O. The van der Waals surface area contributed by atoms with E-state index in [9.17, 15) is 16.8 Å². The van der Waals surface area contributed by atoms with Gasteiger partial charge in [-0.15, -0.1) is 0 Å². The van der Waals surface area contributed by atoms with Gasteiger partial charge < -0.3 is 0 Å². The summed E-state index contributed by atoms with van der Waals surface area (Å²) in [4.78, 5) is -0.311. The van der Waals surface area contributed by atoms with Crippen LogP contribution in [-0.2, 0) is 20.0 Å². The topological polar surface area (TPSA) is 106 Å². The predicted octanol–water partition coefficient (Wildman–Crippen LogP) is 2.75. The lowest BCUT2D eigenvalue weighted by atomic mass is 10.2. The van der Waals surface area contributed by atoms with E-state index < -0.39 is 20.0 Å².